The summed E-state index contributed by atoms with van der Waals surface area (Å²) in [5.74, 6) is 0.257. The fraction of sp³-hybridized carbons (Fsp3) is 0.562. The van der Waals surface area contributed by atoms with Crippen LogP contribution < -0.4 is 5.32 Å². The third kappa shape index (κ3) is 2.52. The third-order valence-electron chi connectivity index (χ3n) is 4.66. The molecule has 5 nitrogen and oxygen atoms in total. The van der Waals surface area contributed by atoms with E-state index in [-0.39, 0.29) is 23.8 Å². The largest absolute Gasteiger partial charge is 0.342 e. The van der Waals surface area contributed by atoms with E-state index in [9.17, 15) is 9.59 Å². The van der Waals surface area contributed by atoms with Gasteiger partial charge in [0.25, 0.3) is 0 Å². The van der Waals surface area contributed by atoms with E-state index in [0.29, 0.717) is 13.0 Å². The molecule has 1 aromatic heterocycles. The van der Waals surface area contributed by atoms with Crippen LogP contribution in [-0.2, 0) is 9.59 Å². The van der Waals surface area contributed by atoms with Gasteiger partial charge in [-0.1, -0.05) is 6.07 Å². The molecule has 1 aliphatic carbocycles. The number of hydrogen-bond acceptors (Lipinski definition) is 3. The zero-order valence-electron chi connectivity index (χ0n) is 12.5. The lowest BCUT2D eigenvalue weighted by molar-refractivity contribution is -0.141. The summed E-state index contributed by atoms with van der Waals surface area (Å²) in [6, 6.07) is 5.58. The van der Waals surface area contributed by atoms with Crippen LogP contribution in [0.1, 0.15) is 44.8 Å². The highest BCUT2D eigenvalue weighted by Crippen LogP contribution is 2.42. The van der Waals surface area contributed by atoms with Crippen LogP contribution in [0.5, 0.6) is 0 Å². The third-order valence-corrected chi connectivity index (χ3v) is 4.66. The van der Waals surface area contributed by atoms with Gasteiger partial charge in [0.05, 0.1) is 11.7 Å². The van der Waals surface area contributed by atoms with Crippen molar-refractivity contribution in [1.29, 1.82) is 0 Å². The van der Waals surface area contributed by atoms with Crippen LogP contribution >= 0.6 is 0 Å². The Morgan fingerprint density at radius 2 is 2.14 bits per heavy atom. The van der Waals surface area contributed by atoms with E-state index in [4.69, 9.17) is 0 Å². The lowest BCUT2D eigenvalue weighted by Crippen LogP contribution is -2.57. The van der Waals surface area contributed by atoms with Gasteiger partial charge in [-0.15, -0.1) is 0 Å². The fourth-order valence-electron chi connectivity index (χ4n) is 3.12. The number of amides is 2. The summed E-state index contributed by atoms with van der Waals surface area (Å²) >= 11 is 0. The molecule has 1 N–H and O–H groups in total. The van der Waals surface area contributed by atoms with E-state index in [1.54, 1.807) is 11.1 Å². The van der Waals surface area contributed by atoms with Gasteiger partial charge in [-0.25, -0.2) is 0 Å². The zero-order valence-corrected chi connectivity index (χ0v) is 12.5. The highest BCUT2D eigenvalue weighted by molar-refractivity contribution is 5.94. The second-order valence-corrected chi connectivity index (χ2v) is 6.20. The van der Waals surface area contributed by atoms with Crippen molar-refractivity contribution in [2.24, 2.45) is 5.92 Å². The molecule has 3 rings (SSSR count). The zero-order chi connectivity index (χ0) is 15.0. The molecule has 0 bridgehead atoms. The Hall–Kier alpha value is -1.91. The fourth-order valence-corrected chi connectivity index (χ4v) is 3.12. The van der Waals surface area contributed by atoms with Crippen molar-refractivity contribution in [1.82, 2.24) is 15.2 Å². The highest BCUT2D eigenvalue weighted by atomic mass is 16.2. The molecule has 2 fully saturated rings. The Bertz CT molecular complexity index is 556. The summed E-state index contributed by atoms with van der Waals surface area (Å²) in [5.41, 5.74) is 0.106. The standard InChI is InChI=1S/C16H21N3O2/c1-11(13-5-3-4-9-17-13)19-10-8-14(20)18-16(2,15(19)21)12-6-7-12/h3-5,9,11-12H,6-8,10H2,1-2H3,(H,18,20). The van der Waals surface area contributed by atoms with Crippen LogP contribution in [0.2, 0.25) is 0 Å². The first-order chi connectivity index (χ1) is 10.0. The number of rotatable bonds is 3. The van der Waals surface area contributed by atoms with Gasteiger partial charge in [0.15, 0.2) is 0 Å². The predicted octanol–water partition coefficient (Wildman–Crippen LogP) is 1.66. The van der Waals surface area contributed by atoms with Crippen molar-refractivity contribution < 1.29 is 9.59 Å². The molecule has 5 heteroatoms. The van der Waals surface area contributed by atoms with E-state index in [1.807, 2.05) is 32.0 Å². The SMILES string of the molecule is CC(c1ccccn1)N1CCC(=O)NC(C)(C2CC2)C1=O. The molecule has 0 radical (unpaired) electrons. The number of aromatic nitrogens is 1. The van der Waals surface area contributed by atoms with Crippen molar-refractivity contribution >= 4 is 11.8 Å². The molecule has 1 aliphatic heterocycles. The number of pyridine rings is 1. The molecule has 1 saturated heterocycles. The molecule has 0 aromatic carbocycles. The average molecular weight is 287 g/mol. The van der Waals surface area contributed by atoms with Gasteiger partial charge in [0.1, 0.15) is 5.54 Å². The number of carbonyl (C=O) groups is 2. The number of carbonyl (C=O) groups excluding carboxylic acids is 2. The topological polar surface area (TPSA) is 62.3 Å². The maximum atomic E-state index is 13.0. The Morgan fingerprint density at radius 3 is 2.76 bits per heavy atom. The molecule has 2 unspecified atom stereocenters. The second-order valence-electron chi connectivity index (χ2n) is 6.20. The summed E-state index contributed by atoms with van der Waals surface area (Å²) in [7, 11) is 0. The van der Waals surface area contributed by atoms with Crippen LogP contribution in [0.15, 0.2) is 24.4 Å². The Labute approximate surface area is 124 Å². The number of nitrogens with zero attached hydrogens (tertiary/aromatic N) is 2. The van der Waals surface area contributed by atoms with E-state index >= 15 is 0 Å². The Kier molecular flexibility index (Phi) is 3.43. The summed E-state index contributed by atoms with van der Waals surface area (Å²) in [6.07, 6.45) is 4.10. The number of hydrogen-bond donors (Lipinski definition) is 1. The van der Waals surface area contributed by atoms with E-state index in [2.05, 4.69) is 10.3 Å². The van der Waals surface area contributed by atoms with E-state index in [0.717, 1.165) is 18.5 Å². The lowest BCUT2D eigenvalue weighted by atomic mass is 9.93. The van der Waals surface area contributed by atoms with Crippen LogP contribution in [0.25, 0.3) is 0 Å². The normalized spacial score (nSPS) is 28.0. The van der Waals surface area contributed by atoms with Crippen LogP contribution in [0, 0.1) is 5.92 Å². The van der Waals surface area contributed by atoms with Gasteiger partial charge in [0, 0.05) is 19.2 Å². The maximum Gasteiger partial charge on any atom is 0.248 e. The van der Waals surface area contributed by atoms with Gasteiger partial charge < -0.3 is 10.2 Å². The second kappa shape index (κ2) is 5.13. The predicted molar refractivity (Wildman–Crippen MR) is 78.3 cm³/mol. The maximum absolute atomic E-state index is 13.0. The van der Waals surface area contributed by atoms with Gasteiger partial charge >= 0.3 is 0 Å². The summed E-state index contributed by atoms with van der Waals surface area (Å²) in [5, 5.41) is 2.95. The van der Waals surface area contributed by atoms with Crippen molar-refractivity contribution in [2.75, 3.05) is 6.54 Å². The average Bonchev–Trinajstić information content (AvgIpc) is 3.32. The Morgan fingerprint density at radius 1 is 1.38 bits per heavy atom. The van der Waals surface area contributed by atoms with Gasteiger partial charge in [-0.3, -0.25) is 14.6 Å². The molecular weight excluding hydrogens is 266 g/mol. The molecule has 112 valence electrons. The molecule has 21 heavy (non-hydrogen) atoms. The van der Waals surface area contributed by atoms with Crippen molar-refractivity contribution in [2.45, 2.75) is 44.7 Å². The van der Waals surface area contributed by atoms with Crippen LogP contribution in [0.4, 0.5) is 0 Å². The quantitative estimate of drug-likeness (QED) is 0.919. The molecule has 2 amide bonds. The monoisotopic (exact) mass is 287 g/mol. The molecule has 1 saturated carbocycles. The summed E-state index contributed by atoms with van der Waals surface area (Å²) < 4.78 is 0. The van der Waals surface area contributed by atoms with E-state index < -0.39 is 5.54 Å². The van der Waals surface area contributed by atoms with Crippen LogP contribution in [-0.4, -0.2) is 33.8 Å². The minimum Gasteiger partial charge on any atom is -0.342 e. The number of nitrogens with one attached hydrogen (secondary N) is 1. The highest BCUT2D eigenvalue weighted by Gasteiger charge is 2.51. The molecule has 2 heterocycles. The first kappa shape index (κ1) is 14.0. The first-order valence-electron chi connectivity index (χ1n) is 7.55. The van der Waals surface area contributed by atoms with Gasteiger partial charge in [0.2, 0.25) is 11.8 Å². The minimum absolute atomic E-state index is 0.0222. The van der Waals surface area contributed by atoms with Crippen molar-refractivity contribution in [3.05, 3.63) is 30.1 Å². The minimum atomic E-state index is -0.753. The molecule has 2 atom stereocenters. The summed E-state index contributed by atoms with van der Waals surface area (Å²) in [6.45, 7) is 4.29. The lowest BCUT2D eigenvalue weighted by Gasteiger charge is -2.35. The van der Waals surface area contributed by atoms with Gasteiger partial charge in [-0.2, -0.15) is 0 Å². The molecular formula is C16H21N3O2. The summed E-state index contributed by atoms with van der Waals surface area (Å²) in [4.78, 5) is 31.1. The van der Waals surface area contributed by atoms with Crippen LogP contribution in [0.3, 0.4) is 0 Å². The van der Waals surface area contributed by atoms with Crippen molar-refractivity contribution in [3.63, 3.8) is 0 Å². The Balaban J connectivity index is 1.90. The molecule has 1 aromatic rings. The smallest absolute Gasteiger partial charge is 0.248 e. The molecule has 0 spiro atoms. The van der Waals surface area contributed by atoms with Gasteiger partial charge in [-0.05, 0) is 44.7 Å². The first-order valence-corrected chi connectivity index (χ1v) is 7.55. The molecule has 2 aliphatic rings. The van der Waals surface area contributed by atoms with Crippen molar-refractivity contribution in [3.8, 4) is 0 Å². The van der Waals surface area contributed by atoms with E-state index in [1.165, 1.54) is 0 Å².